The molecule has 0 spiro atoms. The highest BCUT2D eigenvalue weighted by molar-refractivity contribution is 7.07. The highest BCUT2D eigenvalue weighted by Crippen LogP contribution is 2.26. The zero-order valence-corrected chi connectivity index (χ0v) is 10.8. The third-order valence-corrected chi connectivity index (χ3v) is 3.26. The van der Waals surface area contributed by atoms with E-state index in [-0.39, 0.29) is 6.10 Å². The van der Waals surface area contributed by atoms with Gasteiger partial charge in [0.05, 0.1) is 12.1 Å². The van der Waals surface area contributed by atoms with Crippen molar-refractivity contribution in [3.8, 4) is 0 Å². The van der Waals surface area contributed by atoms with E-state index in [9.17, 15) is 0 Å². The average molecular weight is 227 g/mol. The van der Waals surface area contributed by atoms with Gasteiger partial charge in [0.25, 0.3) is 0 Å². The van der Waals surface area contributed by atoms with Gasteiger partial charge in [0.15, 0.2) is 0 Å². The maximum Gasteiger partial charge on any atom is 0.0792 e. The molecule has 0 amide bonds. The summed E-state index contributed by atoms with van der Waals surface area (Å²) < 4.78 is 5.82. The number of rotatable bonds is 6. The minimum Gasteiger partial charge on any atom is -0.376 e. The van der Waals surface area contributed by atoms with Gasteiger partial charge in [-0.2, -0.15) is 11.3 Å². The van der Waals surface area contributed by atoms with Gasteiger partial charge in [-0.1, -0.05) is 13.8 Å². The number of hydrogen-bond donors (Lipinski definition) is 1. The summed E-state index contributed by atoms with van der Waals surface area (Å²) in [5.41, 5.74) is 1.33. The second-order valence-corrected chi connectivity index (χ2v) is 4.77. The minimum atomic E-state index is 0.245. The number of likely N-dealkylation sites (N-methyl/N-ethyl adjacent to an activating group) is 1. The van der Waals surface area contributed by atoms with Crippen molar-refractivity contribution in [2.24, 2.45) is 5.92 Å². The molecule has 3 heteroatoms. The van der Waals surface area contributed by atoms with Gasteiger partial charge in [0, 0.05) is 6.61 Å². The van der Waals surface area contributed by atoms with Crippen molar-refractivity contribution in [3.63, 3.8) is 0 Å². The van der Waals surface area contributed by atoms with Crippen LogP contribution in [-0.4, -0.2) is 19.8 Å². The van der Waals surface area contributed by atoms with Crippen molar-refractivity contribution in [1.29, 1.82) is 0 Å². The zero-order chi connectivity index (χ0) is 11.3. The summed E-state index contributed by atoms with van der Waals surface area (Å²) in [5, 5.41) is 7.66. The van der Waals surface area contributed by atoms with Gasteiger partial charge in [0.2, 0.25) is 0 Å². The van der Waals surface area contributed by atoms with E-state index in [1.165, 1.54) is 5.56 Å². The van der Waals surface area contributed by atoms with Crippen molar-refractivity contribution in [1.82, 2.24) is 5.32 Å². The summed E-state index contributed by atoms with van der Waals surface area (Å²) in [6.07, 6.45) is 0.245. The standard InChI is InChI=1S/C12H21NOS/c1-5-14-12(9(2)3)11(13-4)10-6-7-15-8-10/h6-9,11-13H,5H2,1-4H3. The van der Waals surface area contributed by atoms with Crippen LogP contribution in [0.4, 0.5) is 0 Å². The minimum absolute atomic E-state index is 0.245. The molecule has 0 aliphatic rings. The van der Waals surface area contributed by atoms with Gasteiger partial charge in [0.1, 0.15) is 0 Å². The Bertz CT molecular complexity index is 259. The lowest BCUT2D eigenvalue weighted by atomic mass is 9.95. The molecule has 1 aromatic heterocycles. The van der Waals surface area contributed by atoms with Crippen LogP contribution in [0.2, 0.25) is 0 Å². The molecule has 0 saturated heterocycles. The molecule has 0 aromatic carbocycles. The van der Waals surface area contributed by atoms with E-state index in [2.05, 4.69) is 42.9 Å². The molecule has 1 N–H and O–H groups in total. The second-order valence-electron chi connectivity index (χ2n) is 3.99. The van der Waals surface area contributed by atoms with Gasteiger partial charge in [-0.05, 0) is 42.3 Å². The van der Waals surface area contributed by atoms with Gasteiger partial charge in [-0.3, -0.25) is 0 Å². The quantitative estimate of drug-likeness (QED) is 0.806. The molecule has 2 atom stereocenters. The van der Waals surface area contributed by atoms with Crippen LogP contribution < -0.4 is 5.32 Å². The Labute approximate surface area is 96.7 Å². The van der Waals surface area contributed by atoms with Gasteiger partial charge < -0.3 is 10.1 Å². The second kappa shape index (κ2) is 6.26. The maximum atomic E-state index is 5.82. The smallest absolute Gasteiger partial charge is 0.0792 e. The lowest BCUT2D eigenvalue weighted by Gasteiger charge is -2.29. The Balaban J connectivity index is 2.78. The van der Waals surface area contributed by atoms with Gasteiger partial charge >= 0.3 is 0 Å². The Morgan fingerprint density at radius 2 is 2.20 bits per heavy atom. The van der Waals surface area contributed by atoms with Crippen LogP contribution in [0.1, 0.15) is 32.4 Å². The third-order valence-electron chi connectivity index (χ3n) is 2.56. The Morgan fingerprint density at radius 1 is 1.47 bits per heavy atom. The van der Waals surface area contributed by atoms with Crippen LogP contribution >= 0.6 is 11.3 Å². The van der Waals surface area contributed by atoms with Crippen LogP contribution in [-0.2, 0) is 4.74 Å². The molecule has 15 heavy (non-hydrogen) atoms. The van der Waals surface area contributed by atoms with Crippen LogP contribution in [0, 0.1) is 5.92 Å². The maximum absolute atomic E-state index is 5.82. The summed E-state index contributed by atoms with van der Waals surface area (Å²) in [6, 6.07) is 2.47. The third kappa shape index (κ3) is 3.30. The Hall–Kier alpha value is -0.380. The molecule has 0 fully saturated rings. The monoisotopic (exact) mass is 227 g/mol. The van der Waals surface area contributed by atoms with E-state index in [1.807, 2.05) is 7.05 Å². The highest BCUT2D eigenvalue weighted by Gasteiger charge is 2.25. The van der Waals surface area contributed by atoms with E-state index in [0.717, 1.165) is 6.61 Å². The van der Waals surface area contributed by atoms with Crippen LogP contribution in [0.5, 0.6) is 0 Å². The number of hydrogen-bond acceptors (Lipinski definition) is 3. The first-order valence-electron chi connectivity index (χ1n) is 5.51. The van der Waals surface area contributed by atoms with E-state index in [1.54, 1.807) is 11.3 Å². The molecule has 2 unspecified atom stereocenters. The molecule has 1 rings (SSSR count). The summed E-state index contributed by atoms with van der Waals surface area (Å²) in [4.78, 5) is 0. The van der Waals surface area contributed by atoms with Crippen molar-refractivity contribution >= 4 is 11.3 Å². The molecule has 0 aliphatic heterocycles. The SMILES string of the molecule is CCOC(C(C)C)C(NC)c1ccsc1. The summed E-state index contributed by atoms with van der Waals surface area (Å²) in [5.74, 6) is 0.516. The van der Waals surface area contributed by atoms with Crippen molar-refractivity contribution in [2.75, 3.05) is 13.7 Å². The molecule has 1 heterocycles. The Morgan fingerprint density at radius 3 is 2.60 bits per heavy atom. The highest BCUT2D eigenvalue weighted by atomic mass is 32.1. The summed E-state index contributed by atoms with van der Waals surface area (Å²) in [6.45, 7) is 7.23. The van der Waals surface area contributed by atoms with Gasteiger partial charge in [-0.25, -0.2) is 0 Å². The van der Waals surface area contributed by atoms with E-state index < -0.39 is 0 Å². The zero-order valence-electron chi connectivity index (χ0n) is 9.99. The number of ether oxygens (including phenoxy) is 1. The first-order valence-corrected chi connectivity index (χ1v) is 6.46. The number of nitrogens with one attached hydrogen (secondary N) is 1. The van der Waals surface area contributed by atoms with E-state index in [4.69, 9.17) is 4.74 Å². The Kier molecular flexibility index (Phi) is 5.29. The first kappa shape index (κ1) is 12.7. The molecule has 0 aliphatic carbocycles. The fourth-order valence-corrected chi connectivity index (χ4v) is 2.54. The van der Waals surface area contributed by atoms with Crippen LogP contribution in [0.25, 0.3) is 0 Å². The molecular weight excluding hydrogens is 206 g/mol. The summed E-state index contributed by atoms with van der Waals surface area (Å²) >= 11 is 1.73. The predicted molar refractivity (Wildman–Crippen MR) is 66.4 cm³/mol. The fraction of sp³-hybridized carbons (Fsp3) is 0.667. The average Bonchev–Trinajstić information content (AvgIpc) is 2.71. The molecule has 0 saturated carbocycles. The van der Waals surface area contributed by atoms with Crippen molar-refractivity contribution in [3.05, 3.63) is 22.4 Å². The topological polar surface area (TPSA) is 21.3 Å². The van der Waals surface area contributed by atoms with Crippen molar-refractivity contribution in [2.45, 2.75) is 32.9 Å². The lowest BCUT2D eigenvalue weighted by molar-refractivity contribution is 0.00470. The molecule has 2 nitrogen and oxygen atoms in total. The normalized spacial score (nSPS) is 15.5. The molecule has 1 aromatic rings. The molecular formula is C12H21NOS. The molecule has 0 bridgehead atoms. The first-order chi connectivity index (χ1) is 7.20. The molecule has 0 radical (unpaired) electrons. The van der Waals surface area contributed by atoms with E-state index >= 15 is 0 Å². The van der Waals surface area contributed by atoms with Crippen molar-refractivity contribution < 1.29 is 4.74 Å². The largest absolute Gasteiger partial charge is 0.376 e. The van der Waals surface area contributed by atoms with Crippen LogP contribution in [0.3, 0.4) is 0 Å². The summed E-state index contributed by atoms with van der Waals surface area (Å²) in [7, 11) is 2.00. The van der Waals surface area contributed by atoms with E-state index in [0.29, 0.717) is 12.0 Å². The predicted octanol–water partition coefficient (Wildman–Crippen LogP) is 3.07. The fourth-order valence-electron chi connectivity index (χ4n) is 1.84. The van der Waals surface area contributed by atoms with Crippen LogP contribution in [0.15, 0.2) is 16.8 Å². The van der Waals surface area contributed by atoms with Gasteiger partial charge in [-0.15, -0.1) is 0 Å². The number of thiophene rings is 1. The lowest BCUT2D eigenvalue weighted by Crippen LogP contribution is -2.35. The molecule has 86 valence electrons.